The Hall–Kier alpha value is -2.69. The van der Waals surface area contributed by atoms with E-state index in [0.717, 1.165) is 33.4 Å². The molecule has 2 N–H and O–H groups in total. The molecule has 0 aliphatic heterocycles. The summed E-state index contributed by atoms with van der Waals surface area (Å²) >= 11 is 0. The number of H-pyrrole nitrogens is 1. The number of aryl methyl sites for hydroxylation is 2. The zero-order chi connectivity index (χ0) is 15.5. The third-order valence-electron chi connectivity index (χ3n) is 3.82. The van der Waals surface area contributed by atoms with Crippen molar-refractivity contribution in [2.45, 2.75) is 26.8 Å². The maximum Gasteiger partial charge on any atom is 0.224 e. The number of hydrogen-bond donors (Lipinski definition) is 2. The monoisotopic (exact) mass is 294 g/mol. The maximum absolute atomic E-state index is 12.1. The van der Waals surface area contributed by atoms with E-state index in [2.05, 4.69) is 20.3 Å². The van der Waals surface area contributed by atoms with E-state index in [4.69, 9.17) is 0 Å². The first-order valence-corrected chi connectivity index (χ1v) is 7.23. The predicted octanol–water partition coefficient (Wildman–Crippen LogP) is 2.43. The van der Waals surface area contributed by atoms with E-state index in [1.54, 1.807) is 6.33 Å². The maximum atomic E-state index is 12.1. The number of aromatic amines is 1. The second-order valence-corrected chi connectivity index (χ2v) is 5.38. The fourth-order valence-electron chi connectivity index (χ4n) is 2.52. The molecular weight excluding hydrogens is 276 g/mol. The van der Waals surface area contributed by atoms with Crippen LogP contribution in [0.25, 0.3) is 10.9 Å². The summed E-state index contributed by atoms with van der Waals surface area (Å²) < 4.78 is 0. The number of fused-ring (bicyclic) bond motifs is 1. The molecule has 2 aromatic heterocycles. The minimum Gasteiger partial charge on any atom is -0.361 e. The largest absolute Gasteiger partial charge is 0.361 e. The highest BCUT2D eigenvalue weighted by molar-refractivity contribution is 5.83. The van der Waals surface area contributed by atoms with Gasteiger partial charge in [0.25, 0.3) is 0 Å². The molecule has 0 bridgehead atoms. The van der Waals surface area contributed by atoms with E-state index >= 15 is 0 Å². The van der Waals surface area contributed by atoms with Gasteiger partial charge in [-0.15, -0.1) is 0 Å². The molecule has 0 saturated carbocycles. The van der Waals surface area contributed by atoms with E-state index in [1.807, 2.05) is 44.3 Å². The molecule has 5 nitrogen and oxygen atoms in total. The number of nitrogens with one attached hydrogen (secondary N) is 2. The lowest BCUT2D eigenvalue weighted by molar-refractivity contribution is -0.120. The summed E-state index contributed by atoms with van der Waals surface area (Å²) in [5.41, 5.74) is 4.87. The summed E-state index contributed by atoms with van der Waals surface area (Å²) in [6.07, 6.45) is 3.81. The molecule has 2 heterocycles. The molecule has 1 amide bonds. The van der Waals surface area contributed by atoms with Gasteiger partial charge in [0.2, 0.25) is 5.91 Å². The summed E-state index contributed by atoms with van der Waals surface area (Å²) in [6, 6.07) is 8.01. The van der Waals surface area contributed by atoms with Crippen molar-refractivity contribution in [3.8, 4) is 0 Å². The molecule has 3 aromatic rings. The third-order valence-corrected chi connectivity index (χ3v) is 3.82. The first-order chi connectivity index (χ1) is 10.6. The van der Waals surface area contributed by atoms with Gasteiger partial charge >= 0.3 is 0 Å². The Bertz CT molecular complexity index is 802. The smallest absolute Gasteiger partial charge is 0.224 e. The van der Waals surface area contributed by atoms with Gasteiger partial charge in [-0.2, -0.15) is 0 Å². The quantitative estimate of drug-likeness (QED) is 0.776. The number of nitrogens with zero attached hydrogens (tertiary/aromatic N) is 2. The molecule has 0 radical (unpaired) electrons. The van der Waals surface area contributed by atoms with Gasteiger partial charge < -0.3 is 10.3 Å². The van der Waals surface area contributed by atoms with Crippen LogP contribution < -0.4 is 5.32 Å². The van der Waals surface area contributed by atoms with Crippen molar-refractivity contribution in [2.24, 2.45) is 0 Å². The van der Waals surface area contributed by atoms with Crippen LogP contribution in [0.2, 0.25) is 0 Å². The van der Waals surface area contributed by atoms with E-state index in [0.29, 0.717) is 13.0 Å². The van der Waals surface area contributed by atoms with Crippen molar-refractivity contribution in [3.05, 3.63) is 59.3 Å². The van der Waals surface area contributed by atoms with Gasteiger partial charge in [-0.25, -0.2) is 9.97 Å². The first kappa shape index (κ1) is 14.3. The normalized spacial score (nSPS) is 10.8. The van der Waals surface area contributed by atoms with Gasteiger partial charge in [0.1, 0.15) is 6.33 Å². The molecule has 0 spiro atoms. The molecule has 0 unspecified atom stereocenters. The molecule has 0 fully saturated rings. The topological polar surface area (TPSA) is 70.7 Å². The summed E-state index contributed by atoms with van der Waals surface area (Å²) in [7, 11) is 0. The van der Waals surface area contributed by atoms with Crippen LogP contribution in [0.4, 0.5) is 0 Å². The zero-order valence-electron chi connectivity index (χ0n) is 12.7. The van der Waals surface area contributed by atoms with Crippen LogP contribution in [-0.4, -0.2) is 20.9 Å². The van der Waals surface area contributed by atoms with Gasteiger partial charge in [-0.3, -0.25) is 4.79 Å². The molecular formula is C17H18N4O. The van der Waals surface area contributed by atoms with Crippen molar-refractivity contribution >= 4 is 16.8 Å². The van der Waals surface area contributed by atoms with Gasteiger partial charge in [-0.1, -0.05) is 6.07 Å². The van der Waals surface area contributed by atoms with Crippen molar-refractivity contribution < 1.29 is 4.79 Å². The van der Waals surface area contributed by atoms with Crippen LogP contribution in [0, 0.1) is 13.8 Å². The Balaban J connectivity index is 1.65. The lowest BCUT2D eigenvalue weighted by atomic mass is 10.1. The fraction of sp³-hybridized carbons (Fsp3) is 0.235. The second-order valence-electron chi connectivity index (χ2n) is 5.38. The lowest BCUT2D eigenvalue weighted by Gasteiger charge is -2.09. The average molecular weight is 294 g/mol. The SMILES string of the molecule is Cc1ncnc(C)c1CNC(=O)Cc1ccc2[nH]ccc2c1. The molecule has 0 saturated heterocycles. The fourth-order valence-corrected chi connectivity index (χ4v) is 2.52. The minimum absolute atomic E-state index is 0.00228. The van der Waals surface area contributed by atoms with E-state index in [1.165, 1.54) is 0 Å². The number of benzene rings is 1. The van der Waals surface area contributed by atoms with Crippen molar-refractivity contribution in [1.82, 2.24) is 20.3 Å². The summed E-state index contributed by atoms with van der Waals surface area (Å²) in [6.45, 7) is 4.32. The lowest BCUT2D eigenvalue weighted by Crippen LogP contribution is -2.25. The van der Waals surface area contributed by atoms with E-state index < -0.39 is 0 Å². The Labute approximate surface area is 128 Å². The highest BCUT2D eigenvalue weighted by Gasteiger charge is 2.08. The zero-order valence-corrected chi connectivity index (χ0v) is 12.7. The molecule has 0 aliphatic carbocycles. The number of hydrogen-bond acceptors (Lipinski definition) is 3. The van der Waals surface area contributed by atoms with Gasteiger partial charge in [0.05, 0.1) is 6.42 Å². The van der Waals surface area contributed by atoms with Crippen LogP contribution in [-0.2, 0) is 17.8 Å². The van der Waals surface area contributed by atoms with Crippen LogP contribution in [0.15, 0.2) is 36.8 Å². The molecule has 1 aromatic carbocycles. The average Bonchev–Trinajstić information content (AvgIpc) is 2.94. The molecule has 0 aliphatic rings. The van der Waals surface area contributed by atoms with Crippen molar-refractivity contribution in [3.63, 3.8) is 0 Å². The Kier molecular flexibility index (Phi) is 3.87. The highest BCUT2D eigenvalue weighted by Crippen LogP contribution is 2.14. The van der Waals surface area contributed by atoms with Crippen molar-refractivity contribution in [1.29, 1.82) is 0 Å². The van der Waals surface area contributed by atoms with E-state index in [-0.39, 0.29) is 5.91 Å². The predicted molar refractivity (Wildman–Crippen MR) is 85.4 cm³/mol. The minimum atomic E-state index is -0.00228. The summed E-state index contributed by atoms with van der Waals surface area (Å²) in [5, 5.41) is 4.06. The van der Waals surface area contributed by atoms with E-state index in [9.17, 15) is 4.79 Å². The molecule has 22 heavy (non-hydrogen) atoms. The summed E-state index contributed by atoms with van der Waals surface area (Å²) in [5.74, 6) is -0.00228. The Morgan fingerprint density at radius 1 is 1.18 bits per heavy atom. The second kappa shape index (κ2) is 5.97. The number of amides is 1. The first-order valence-electron chi connectivity index (χ1n) is 7.23. The molecule has 5 heteroatoms. The van der Waals surface area contributed by atoms with Gasteiger partial charge in [0.15, 0.2) is 0 Å². The van der Waals surface area contributed by atoms with Crippen molar-refractivity contribution in [2.75, 3.05) is 0 Å². The van der Waals surface area contributed by atoms with Gasteiger partial charge in [0, 0.05) is 35.2 Å². The van der Waals surface area contributed by atoms with Gasteiger partial charge in [-0.05, 0) is 43.0 Å². The van der Waals surface area contributed by atoms with Crippen LogP contribution in [0.1, 0.15) is 22.5 Å². The van der Waals surface area contributed by atoms with Crippen LogP contribution in [0.5, 0.6) is 0 Å². The third kappa shape index (κ3) is 2.98. The molecule has 3 rings (SSSR count). The number of rotatable bonds is 4. The molecule has 0 atom stereocenters. The van der Waals surface area contributed by atoms with Crippen LogP contribution >= 0.6 is 0 Å². The highest BCUT2D eigenvalue weighted by atomic mass is 16.1. The standard InChI is InChI=1S/C17H18N4O/c1-11-15(12(2)21-10-20-11)9-19-17(22)8-13-3-4-16-14(7-13)5-6-18-16/h3-7,10,18H,8-9H2,1-2H3,(H,19,22). The van der Waals surface area contributed by atoms with Crippen LogP contribution in [0.3, 0.4) is 0 Å². The Morgan fingerprint density at radius 2 is 1.95 bits per heavy atom. The molecule has 112 valence electrons. The number of carbonyl (C=O) groups excluding carboxylic acids is 1. The Morgan fingerprint density at radius 3 is 2.73 bits per heavy atom. The summed E-state index contributed by atoms with van der Waals surface area (Å²) in [4.78, 5) is 23.6. The number of aromatic nitrogens is 3. The number of carbonyl (C=O) groups is 1.